The van der Waals surface area contributed by atoms with Gasteiger partial charge in [0.2, 0.25) is 15.9 Å². The molecule has 1 aromatic carbocycles. The maximum atomic E-state index is 13.7. The van der Waals surface area contributed by atoms with Crippen molar-refractivity contribution >= 4 is 21.9 Å². The monoisotopic (exact) mass is 318 g/mol. The van der Waals surface area contributed by atoms with Crippen molar-refractivity contribution in [3.05, 3.63) is 29.6 Å². The average Bonchev–Trinajstić information content (AvgIpc) is 2.38. The molecule has 0 aromatic heterocycles. The van der Waals surface area contributed by atoms with Gasteiger partial charge in [0.1, 0.15) is 10.7 Å². The summed E-state index contributed by atoms with van der Waals surface area (Å²) in [5.74, 6) is -2.95. The molecule has 1 N–H and O–H groups in total. The maximum Gasteiger partial charge on any atom is 0.335 e. The Morgan fingerprint density at radius 3 is 2.29 bits per heavy atom. The molecule has 0 radical (unpaired) electrons. The van der Waals surface area contributed by atoms with Crippen LogP contribution in [0.2, 0.25) is 0 Å². The number of carbonyl (C=O) groups is 2. The summed E-state index contributed by atoms with van der Waals surface area (Å²) in [5.41, 5.74) is -0.359. The van der Waals surface area contributed by atoms with Crippen molar-refractivity contribution in [2.45, 2.75) is 4.90 Å². The highest BCUT2D eigenvalue weighted by Crippen LogP contribution is 2.20. The number of nitrogens with zero attached hydrogens (tertiary/aromatic N) is 2. The topological polar surface area (TPSA) is 95.0 Å². The highest BCUT2D eigenvalue weighted by Gasteiger charge is 2.27. The highest BCUT2D eigenvalue weighted by atomic mass is 32.2. The summed E-state index contributed by atoms with van der Waals surface area (Å²) in [6.45, 7) is -0.480. The Balaban J connectivity index is 3.21. The first-order valence-corrected chi connectivity index (χ1v) is 7.20. The molecule has 9 heteroatoms. The average molecular weight is 318 g/mol. The molecule has 1 amide bonds. The van der Waals surface area contributed by atoms with Gasteiger partial charge in [-0.1, -0.05) is 0 Å². The Hall–Kier alpha value is -2.00. The van der Waals surface area contributed by atoms with Crippen molar-refractivity contribution < 1.29 is 27.5 Å². The first kappa shape index (κ1) is 17.1. The molecule has 0 unspecified atom stereocenters. The summed E-state index contributed by atoms with van der Waals surface area (Å²) in [6.07, 6.45) is 0. The lowest BCUT2D eigenvalue weighted by Crippen LogP contribution is -2.38. The molecule has 0 bridgehead atoms. The van der Waals surface area contributed by atoms with Crippen LogP contribution in [0.1, 0.15) is 10.4 Å². The number of carbonyl (C=O) groups excluding carboxylic acids is 1. The number of aromatic carboxylic acids is 1. The van der Waals surface area contributed by atoms with E-state index in [0.29, 0.717) is 4.31 Å². The van der Waals surface area contributed by atoms with Gasteiger partial charge in [-0.3, -0.25) is 4.79 Å². The summed E-state index contributed by atoms with van der Waals surface area (Å²) in [5, 5.41) is 8.83. The predicted octanol–water partition coefficient (Wildman–Crippen LogP) is 0.233. The van der Waals surface area contributed by atoms with Gasteiger partial charge in [0, 0.05) is 21.1 Å². The molecule has 0 saturated heterocycles. The number of carboxylic acid groups (broad SMARTS) is 1. The molecule has 21 heavy (non-hydrogen) atoms. The molecule has 0 aliphatic carbocycles. The molecular weight excluding hydrogens is 303 g/mol. The molecule has 116 valence electrons. The van der Waals surface area contributed by atoms with Gasteiger partial charge >= 0.3 is 5.97 Å². The largest absolute Gasteiger partial charge is 0.478 e. The standard InChI is InChI=1S/C12H15FN2O5S/c1-14(2)11(16)7-15(3)21(19,20)10-6-8(12(17)18)4-5-9(10)13/h4-6H,7H2,1-3H3,(H,17,18). The Morgan fingerprint density at radius 2 is 1.81 bits per heavy atom. The van der Waals surface area contributed by atoms with Gasteiger partial charge in [0.05, 0.1) is 12.1 Å². The molecule has 1 aromatic rings. The zero-order chi connectivity index (χ0) is 16.4. The molecule has 7 nitrogen and oxygen atoms in total. The minimum atomic E-state index is -4.31. The van der Waals surface area contributed by atoms with Gasteiger partial charge < -0.3 is 10.0 Å². The lowest BCUT2D eigenvalue weighted by Gasteiger charge is -2.19. The zero-order valence-electron chi connectivity index (χ0n) is 11.7. The predicted molar refractivity (Wildman–Crippen MR) is 71.9 cm³/mol. The zero-order valence-corrected chi connectivity index (χ0v) is 12.5. The van der Waals surface area contributed by atoms with Gasteiger partial charge in [-0.15, -0.1) is 0 Å². The Morgan fingerprint density at radius 1 is 1.24 bits per heavy atom. The van der Waals surface area contributed by atoms with Gasteiger partial charge in [0.15, 0.2) is 0 Å². The van der Waals surface area contributed by atoms with Gasteiger partial charge in [-0.2, -0.15) is 4.31 Å². The van der Waals surface area contributed by atoms with Crippen LogP contribution in [0, 0.1) is 5.82 Å². The third-order valence-corrected chi connectivity index (χ3v) is 4.54. The second kappa shape index (κ2) is 6.19. The number of hydrogen-bond donors (Lipinski definition) is 1. The SMILES string of the molecule is CN(C)C(=O)CN(C)S(=O)(=O)c1cc(C(=O)O)ccc1F. The van der Waals surface area contributed by atoms with E-state index in [0.717, 1.165) is 25.2 Å². The molecule has 0 spiro atoms. The van der Waals surface area contributed by atoms with Gasteiger partial charge in [-0.05, 0) is 18.2 Å². The van der Waals surface area contributed by atoms with Crippen molar-refractivity contribution in [3.63, 3.8) is 0 Å². The number of amides is 1. The van der Waals surface area contributed by atoms with E-state index in [9.17, 15) is 22.4 Å². The van der Waals surface area contributed by atoms with Crippen LogP contribution in [0.15, 0.2) is 23.1 Å². The van der Waals surface area contributed by atoms with Crippen molar-refractivity contribution in [1.82, 2.24) is 9.21 Å². The number of halogens is 1. The van der Waals surface area contributed by atoms with Crippen LogP contribution in [-0.2, 0) is 14.8 Å². The lowest BCUT2D eigenvalue weighted by atomic mass is 10.2. The number of rotatable bonds is 5. The van der Waals surface area contributed by atoms with Crippen LogP contribution >= 0.6 is 0 Å². The van der Waals surface area contributed by atoms with Gasteiger partial charge in [-0.25, -0.2) is 17.6 Å². The summed E-state index contributed by atoms with van der Waals surface area (Å²) in [6, 6.07) is 2.45. The minimum Gasteiger partial charge on any atom is -0.478 e. The van der Waals surface area contributed by atoms with Crippen LogP contribution < -0.4 is 0 Å². The van der Waals surface area contributed by atoms with Crippen LogP contribution in [0.25, 0.3) is 0 Å². The van der Waals surface area contributed by atoms with E-state index >= 15 is 0 Å². The smallest absolute Gasteiger partial charge is 0.335 e. The molecule has 0 aliphatic rings. The van der Waals surface area contributed by atoms with Crippen molar-refractivity contribution in [1.29, 1.82) is 0 Å². The Kier molecular flexibility index (Phi) is 5.02. The summed E-state index contributed by atoms with van der Waals surface area (Å²) < 4.78 is 38.8. The van der Waals surface area contributed by atoms with E-state index in [-0.39, 0.29) is 5.56 Å². The molecule has 0 atom stereocenters. The fourth-order valence-electron chi connectivity index (χ4n) is 1.42. The molecule has 0 heterocycles. The quantitative estimate of drug-likeness (QED) is 0.839. The van der Waals surface area contributed by atoms with Crippen LogP contribution in [0.5, 0.6) is 0 Å². The van der Waals surface area contributed by atoms with Crippen LogP contribution in [0.3, 0.4) is 0 Å². The summed E-state index contributed by atoms with van der Waals surface area (Å²) in [4.78, 5) is 22.8. The fourth-order valence-corrected chi connectivity index (χ4v) is 2.63. The van der Waals surface area contributed by atoms with Crippen molar-refractivity contribution in [3.8, 4) is 0 Å². The first-order chi connectivity index (χ1) is 9.57. The van der Waals surface area contributed by atoms with E-state index in [1.54, 1.807) is 0 Å². The molecule has 0 fully saturated rings. The van der Waals surface area contributed by atoms with E-state index in [2.05, 4.69) is 0 Å². The molecule has 1 rings (SSSR count). The third kappa shape index (κ3) is 3.76. The Labute approximate surface area is 121 Å². The van der Waals surface area contributed by atoms with E-state index in [1.807, 2.05) is 0 Å². The number of sulfonamides is 1. The number of carboxylic acids is 1. The fraction of sp³-hybridized carbons (Fsp3) is 0.333. The summed E-state index contributed by atoms with van der Waals surface area (Å²) >= 11 is 0. The number of hydrogen-bond acceptors (Lipinski definition) is 4. The van der Waals surface area contributed by atoms with E-state index in [4.69, 9.17) is 5.11 Å². The van der Waals surface area contributed by atoms with E-state index < -0.39 is 39.2 Å². The molecule has 0 aliphatic heterocycles. The normalized spacial score (nSPS) is 11.5. The first-order valence-electron chi connectivity index (χ1n) is 5.76. The Bertz CT molecular complexity index is 672. The van der Waals surface area contributed by atoms with Crippen LogP contribution in [-0.4, -0.2) is 62.3 Å². The highest BCUT2D eigenvalue weighted by molar-refractivity contribution is 7.89. The maximum absolute atomic E-state index is 13.7. The molecule has 0 saturated carbocycles. The van der Waals surface area contributed by atoms with E-state index in [1.165, 1.54) is 19.0 Å². The second-order valence-corrected chi connectivity index (χ2v) is 6.51. The number of benzene rings is 1. The van der Waals surface area contributed by atoms with Crippen molar-refractivity contribution in [2.75, 3.05) is 27.7 Å². The minimum absolute atomic E-state index is 0.359. The number of likely N-dealkylation sites (N-methyl/N-ethyl adjacent to an activating group) is 2. The third-order valence-electron chi connectivity index (χ3n) is 2.72. The van der Waals surface area contributed by atoms with Crippen LogP contribution in [0.4, 0.5) is 4.39 Å². The van der Waals surface area contributed by atoms with Gasteiger partial charge in [0.25, 0.3) is 0 Å². The second-order valence-electron chi connectivity index (χ2n) is 4.50. The summed E-state index contributed by atoms with van der Waals surface area (Å²) in [7, 11) is -0.286. The lowest BCUT2D eigenvalue weighted by molar-refractivity contribution is -0.128. The van der Waals surface area contributed by atoms with Crippen molar-refractivity contribution in [2.24, 2.45) is 0 Å². The molecular formula is C12H15FN2O5S.